The molecule has 0 radical (unpaired) electrons. The van der Waals surface area contributed by atoms with Crippen LogP contribution in [0.15, 0.2) is 41.4 Å². The predicted octanol–water partition coefficient (Wildman–Crippen LogP) is 6.72. The van der Waals surface area contributed by atoms with Crippen molar-refractivity contribution < 1.29 is 4.92 Å². The molecule has 152 valence electrons. The molecule has 0 spiro atoms. The maximum absolute atomic E-state index is 10.9. The molecule has 1 heterocycles. The van der Waals surface area contributed by atoms with Crippen molar-refractivity contribution in [3.63, 3.8) is 0 Å². The van der Waals surface area contributed by atoms with E-state index < -0.39 is 4.92 Å². The topological polar surface area (TPSA) is 58.7 Å². The van der Waals surface area contributed by atoms with Crippen molar-refractivity contribution >= 4 is 40.5 Å². The first-order valence-corrected chi connectivity index (χ1v) is 10.1. The Morgan fingerprint density at radius 2 is 1.97 bits per heavy atom. The number of benzene rings is 2. The summed E-state index contributed by atoms with van der Waals surface area (Å²) < 4.78 is 0. The van der Waals surface area contributed by atoms with E-state index in [0.717, 1.165) is 35.3 Å². The summed E-state index contributed by atoms with van der Waals surface area (Å²) in [5.74, 6) is 0. The lowest BCUT2D eigenvalue weighted by atomic mass is 9.88. The van der Waals surface area contributed by atoms with Crippen molar-refractivity contribution in [1.82, 2.24) is 0 Å². The third-order valence-corrected chi connectivity index (χ3v) is 5.60. The maximum Gasteiger partial charge on any atom is 0.269 e. The Morgan fingerprint density at radius 1 is 1.24 bits per heavy atom. The number of hydrogen-bond donors (Lipinski definition) is 0. The van der Waals surface area contributed by atoms with Gasteiger partial charge in [-0.3, -0.25) is 15.1 Å². The molecule has 2 aromatic carbocycles. The molecular weight excluding hydrogens is 386 g/mol. The maximum atomic E-state index is 10.9. The van der Waals surface area contributed by atoms with E-state index in [0.29, 0.717) is 10.7 Å². The molecule has 0 saturated heterocycles. The molecule has 1 aliphatic rings. The first-order valence-electron chi connectivity index (χ1n) is 9.74. The van der Waals surface area contributed by atoms with Crippen molar-refractivity contribution in [2.75, 3.05) is 11.4 Å². The molecule has 6 heteroatoms. The highest BCUT2D eigenvalue weighted by Gasteiger charge is 2.31. The Balaban J connectivity index is 2.00. The van der Waals surface area contributed by atoms with Gasteiger partial charge in [0, 0.05) is 41.7 Å². The van der Waals surface area contributed by atoms with Gasteiger partial charge in [0.15, 0.2) is 0 Å². The van der Waals surface area contributed by atoms with Crippen molar-refractivity contribution in [3.05, 3.63) is 68.2 Å². The molecule has 0 aromatic heterocycles. The zero-order chi connectivity index (χ0) is 21.3. The molecule has 3 rings (SSSR count). The van der Waals surface area contributed by atoms with Gasteiger partial charge in [0.05, 0.1) is 21.2 Å². The molecule has 0 saturated carbocycles. The highest BCUT2D eigenvalue weighted by atomic mass is 35.5. The van der Waals surface area contributed by atoms with Gasteiger partial charge < -0.3 is 4.90 Å². The Bertz CT molecular complexity index is 1030. The number of aliphatic imine (C=N–C) groups is 1. The van der Waals surface area contributed by atoms with Crippen LogP contribution in [0.3, 0.4) is 0 Å². The molecule has 0 atom stereocenters. The Labute approximate surface area is 176 Å². The zero-order valence-corrected chi connectivity index (χ0v) is 18.2. The van der Waals surface area contributed by atoms with Crippen LogP contribution in [-0.4, -0.2) is 23.2 Å². The second-order valence-corrected chi connectivity index (χ2v) is 8.42. The molecular formula is C23H26ClN3O2. The lowest BCUT2D eigenvalue weighted by molar-refractivity contribution is -0.384. The van der Waals surface area contributed by atoms with Crippen LogP contribution < -0.4 is 4.90 Å². The monoisotopic (exact) mass is 411 g/mol. The molecule has 0 aliphatic carbocycles. The molecule has 0 fully saturated rings. The summed E-state index contributed by atoms with van der Waals surface area (Å²) in [6.45, 7) is 11.5. The Morgan fingerprint density at radius 3 is 2.59 bits per heavy atom. The second kappa shape index (κ2) is 7.99. The molecule has 0 unspecified atom stereocenters. The quantitative estimate of drug-likeness (QED) is 0.311. The van der Waals surface area contributed by atoms with Crippen LogP contribution in [-0.2, 0) is 0 Å². The van der Waals surface area contributed by atoms with Gasteiger partial charge >= 0.3 is 0 Å². The van der Waals surface area contributed by atoms with Gasteiger partial charge in [0.2, 0.25) is 0 Å². The number of halogens is 1. The molecule has 0 amide bonds. The van der Waals surface area contributed by atoms with Crippen molar-refractivity contribution in [2.45, 2.75) is 46.6 Å². The van der Waals surface area contributed by atoms with Gasteiger partial charge in [-0.25, -0.2) is 0 Å². The number of allylic oxidation sites excluding steroid dienone is 1. The Kier molecular flexibility index (Phi) is 5.80. The molecule has 5 nitrogen and oxygen atoms in total. The number of fused-ring (bicyclic) bond motifs is 1. The molecule has 29 heavy (non-hydrogen) atoms. The first-order chi connectivity index (χ1) is 13.6. The van der Waals surface area contributed by atoms with Crippen molar-refractivity contribution in [1.29, 1.82) is 0 Å². The number of aryl methyl sites for hydroxylation is 1. The summed E-state index contributed by atoms with van der Waals surface area (Å²) in [5, 5.41) is 11.6. The van der Waals surface area contributed by atoms with E-state index in [1.54, 1.807) is 12.3 Å². The van der Waals surface area contributed by atoms with Gasteiger partial charge in [0.25, 0.3) is 5.69 Å². The molecule has 1 aliphatic heterocycles. The van der Waals surface area contributed by atoms with Crippen LogP contribution in [0.2, 0.25) is 5.02 Å². The van der Waals surface area contributed by atoms with E-state index in [1.807, 2.05) is 13.0 Å². The lowest BCUT2D eigenvalue weighted by Crippen LogP contribution is -2.45. The zero-order valence-electron chi connectivity index (χ0n) is 17.5. The van der Waals surface area contributed by atoms with E-state index in [4.69, 9.17) is 11.6 Å². The smallest absolute Gasteiger partial charge is 0.269 e. The summed E-state index contributed by atoms with van der Waals surface area (Å²) in [4.78, 5) is 17.4. The van der Waals surface area contributed by atoms with Gasteiger partial charge in [-0.05, 0) is 63.5 Å². The number of nitro groups is 1. The van der Waals surface area contributed by atoms with Gasteiger partial charge in [0.1, 0.15) is 0 Å². The molecule has 0 bridgehead atoms. The minimum atomic E-state index is -0.403. The normalized spacial score (nSPS) is 15.4. The van der Waals surface area contributed by atoms with Crippen LogP contribution in [0, 0.1) is 17.0 Å². The largest absolute Gasteiger partial charge is 0.362 e. The van der Waals surface area contributed by atoms with Gasteiger partial charge in [-0.2, -0.15) is 0 Å². The van der Waals surface area contributed by atoms with Crippen LogP contribution in [0.5, 0.6) is 0 Å². The number of non-ortho nitro benzene ring substituents is 1. The Hall–Kier alpha value is -2.66. The average molecular weight is 412 g/mol. The van der Waals surface area contributed by atoms with E-state index in [9.17, 15) is 10.1 Å². The SMILES string of the molecule is CCCN1c2cc(Cl)c(C=Nc3ccc([N+](=O)[O-])cc3C)cc2C(C)=CC1(C)C. The first kappa shape index (κ1) is 21.1. The molecule has 0 N–H and O–H groups in total. The van der Waals surface area contributed by atoms with Crippen LogP contribution >= 0.6 is 11.6 Å². The minimum absolute atomic E-state index is 0.0626. The number of rotatable bonds is 5. The summed E-state index contributed by atoms with van der Waals surface area (Å²) in [6, 6.07) is 8.75. The fraction of sp³-hybridized carbons (Fsp3) is 0.348. The highest BCUT2D eigenvalue weighted by Crippen LogP contribution is 2.41. The van der Waals surface area contributed by atoms with Gasteiger partial charge in [-0.1, -0.05) is 24.6 Å². The lowest BCUT2D eigenvalue weighted by Gasteiger charge is -2.43. The fourth-order valence-electron chi connectivity index (χ4n) is 3.88. The fourth-order valence-corrected chi connectivity index (χ4v) is 4.09. The van der Waals surface area contributed by atoms with E-state index in [1.165, 1.54) is 17.7 Å². The third-order valence-electron chi connectivity index (χ3n) is 5.28. The number of anilines is 1. The van der Waals surface area contributed by atoms with Crippen LogP contribution in [0.1, 0.15) is 50.8 Å². The van der Waals surface area contributed by atoms with Crippen molar-refractivity contribution in [3.8, 4) is 0 Å². The van der Waals surface area contributed by atoms with E-state index in [2.05, 4.69) is 49.7 Å². The predicted molar refractivity (Wildman–Crippen MR) is 122 cm³/mol. The van der Waals surface area contributed by atoms with Gasteiger partial charge in [-0.15, -0.1) is 0 Å². The molecule has 2 aromatic rings. The summed E-state index contributed by atoms with van der Waals surface area (Å²) in [6.07, 6.45) is 5.07. The third kappa shape index (κ3) is 4.20. The average Bonchev–Trinajstić information content (AvgIpc) is 2.64. The summed E-state index contributed by atoms with van der Waals surface area (Å²) >= 11 is 6.61. The van der Waals surface area contributed by atoms with E-state index in [-0.39, 0.29) is 11.2 Å². The van der Waals surface area contributed by atoms with E-state index >= 15 is 0 Å². The minimum Gasteiger partial charge on any atom is -0.362 e. The summed E-state index contributed by atoms with van der Waals surface area (Å²) in [7, 11) is 0. The second-order valence-electron chi connectivity index (χ2n) is 8.01. The number of nitro benzene ring substituents is 1. The van der Waals surface area contributed by atoms with Crippen LogP contribution in [0.25, 0.3) is 5.57 Å². The number of nitrogens with zero attached hydrogens (tertiary/aromatic N) is 3. The summed E-state index contributed by atoms with van der Waals surface area (Å²) in [5.41, 5.74) is 5.77. The number of hydrogen-bond acceptors (Lipinski definition) is 4. The van der Waals surface area contributed by atoms with Crippen molar-refractivity contribution in [2.24, 2.45) is 4.99 Å². The highest BCUT2D eigenvalue weighted by molar-refractivity contribution is 6.33. The standard InChI is InChI=1S/C23H26ClN3O2/c1-6-9-26-22-12-20(24)17(11-19(22)16(3)13-23(26,4)5)14-25-21-8-7-18(27(28)29)10-15(21)2/h7-8,10-14H,6,9H2,1-5H3. The van der Waals surface area contributed by atoms with Crippen LogP contribution in [0.4, 0.5) is 17.1 Å².